The maximum Gasteiger partial charge on any atom is 0.131 e. The van der Waals surface area contributed by atoms with Crippen LogP contribution in [0.25, 0.3) is 0 Å². The molecule has 1 heterocycles. The van der Waals surface area contributed by atoms with Gasteiger partial charge in [0.1, 0.15) is 5.82 Å². The summed E-state index contributed by atoms with van der Waals surface area (Å²) < 4.78 is 0. The van der Waals surface area contributed by atoms with Crippen molar-refractivity contribution in [3.63, 3.8) is 0 Å². The average Bonchev–Trinajstić information content (AvgIpc) is 2.18. The molecule has 1 N–H and O–H groups in total. The van der Waals surface area contributed by atoms with E-state index in [0.717, 1.165) is 18.8 Å². The summed E-state index contributed by atoms with van der Waals surface area (Å²) in [4.78, 5) is 9.46. The molecule has 0 saturated heterocycles. The van der Waals surface area contributed by atoms with E-state index in [4.69, 9.17) is 9.97 Å². The summed E-state index contributed by atoms with van der Waals surface area (Å²) in [5.41, 5.74) is 3.84. The van der Waals surface area contributed by atoms with E-state index in [1.807, 2.05) is 0 Å². The summed E-state index contributed by atoms with van der Waals surface area (Å²) in [5.74, 6) is 1.70. The Morgan fingerprint density at radius 2 is 1.68 bits per heavy atom. The predicted octanol–water partition coefficient (Wildman–Crippen LogP) is 3.29. The van der Waals surface area contributed by atoms with E-state index in [-0.39, 0.29) is 5.54 Å². The number of hydrogen-bond acceptors (Lipinski definition) is 3. The van der Waals surface area contributed by atoms with Crippen molar-refractivity contribution in [1.29, 1.82) is 0 Å². The molecule has 0 unspecified atom stereocenters. The third kappa shape index (κ3) is 3.75. The topological polar surface area (TPSA) is 37.8 Å². The normalized spacial score (nSPS) is 16.5. The Labute approximate surface area is 117 Å². The van der Waals surface area contributed by atoms with Crippen LogP contribution in [0, 0.1) is 13.8 Å². The molecule has 1 aromatic rings. The summed E-state index contributed by atoms with van der Waals surface area (Å²) in [5, 5.41) is 3.53. The van der Waals surface area contributed by atoms with Crippen LogP contribution in [0.4, 0.5) is 0 Å². The van der Waals surface area contributed by atoms with Gasteiger partial charge in [0.05, 0.1) is 0 Å². The van der Waals surface area contributed by atoms with Crippen LogP contribution in [0.5, 0.6) is 0 Å². The molecule has 19 heavy (non-hydrogen) atoms. The SMILES string of the molecule is Cc1nc(C2CCC2)nc(C)c1CCNC(C)(C)C. The maximum absolute atomic E-state index is 4.73. The molecular weight excluding hydrogens is 234 g/mol. The first kappa shape index (κ1) is 14.4. The quantitative estimate of drug-likeness (QED) is 0.903. The molecule has 1 saturated carbocycles. The van der Waals surface area contributed by atoms with E-state index in [1.165, 1.54) is 36.2 Å². The minimum atomic E-state index is 0.175. The highest BCUT2D eigenvalue weighted by Gasteiger charge is 2.23. The van der Waals surface area contributed by atoms with Gasteiger partial charge in [0.25, 0.3) is 0 Å². The monoisotopic (exact) mass is 261 g/mol. The van der Waals surface area contributed by atoms with Gasteiger partial charge < -0.3 is 5.32 Å². The van der Waals surface area contributed by atoms with Gasteiger partial charge in [-0.15, -0.1) is 0 Å². The highest BCUT2D eigenvalue weighted by Crippen LogP contribution is 2.34. The molecule has 3 heteroatoms. The first-order valence-corrected chi connectivity index (χ1v) is 7.46. The first-order valence-electron chi connectivity index (χ1n) is 7.46. The fourth-order valence-corrected chi connectivity index (χ4v) is 2.54. The van der Waals surface area contributed by atoms with Gasteiger partial charge in [0.15, 0.2) is 0 Å². The highest BCUT2D eigenvalue weighted by atomic mass is 14.9. The van der Waals surface area contributed by atoms with Crippen LogP contribution in [0.3, 0.4) is 0 Å². The Kier molecular flexibility index (Phi) is 4.24. The van der Waals surface area contributed by atoms with Crippen molar-refractivity contribution in [2.45, 2.75) is 71.8 Å². The summed E-state index contributed by atoms with van der Waals surface area (Å²) in [6.07, 6.45) is 4.89. The number of aromatic nitrogens is 2. The summed E-state index contributed by atoms with van der Waals surface area (Å²) in [7, 11) is 0. The Morgan fingerprint density at radius 1 is 1.11 bits per heavy atom. The molecule has 106 valence electrons. The standard InChI is InChI=1S/C16H27N3/c1-11-14(9-10-17-16(3,4)5)12(2)19-15(18-11)13-7-6-8-13/h13,17H,6-10H2,1-5H3. The molecule has 2 rings (SSSR count). The fraction of sp³-hybridized carbons (Fsp3) is 0.750. The second-order valence-electron chi connectivity index (χ2n) is 6.79. The van der Waals surface area contributed by atoms with Gasteiger partial charge in [-0.1, -0.05) is 6.42 Å². The molecule has 1 aliphatic carbocycles. The first-order chi connectivity index (χ1) is 8.87. The summed E-state index contributed by atoms with van der Waals surface area (Å²) in [6, 6.07) is 0. The zero-order valence-corrected chi connectivity index (χ0v) is 13.0. The number of aryl methyl sites for hydroxylation is 2. The number of nitrogens with zero attached hydrogens (tertiary/aromatic N) is 2. The van der Waals surface area contributed by atoms with E-state index >= 15 is 0 Å². The molecule has 0 amide bonds. The van der Waals surface area contributed by atoms with Gasteiger partial charge in [0.2, 0.25) is 0 Å². The zero-order valence-electron chi connectivity index (χ0n) is 13.0. The Morgan fingerprint density at radius 3 is 2.11 bits per heavy atom. The van der Waals surface area contributed by atoms with Gasteiger partial charge in [-0.05, 0) is 66.0 Å². The molecule has 1 fully saturated rings. The van der Waals surface area contributed by atoms with Crippen LogP contribution in [-0.2, 0) is 6.42 Å². The smallest absolute Gasteiger partial charge is 0.131 e. The third-order valence-electron chi connectivity index (χ3n) is 3.94. The zero-order chi connectivity index (χ0) is 14.0. The average molecular weight is 261 g/mol. The lowest BCUT2D eigenvalue weighted by Crippen LogP contribution is -2.37. The van der Waals surface area contributed by atoms with Crippen molar-refractivity contribution in [2.24, 2.45) is 0 Å². The van der Waals surface area contributed by atoms with Crippen LogP contribution < -0.4 is 5.32 Å². The van der Waals surface area contributed by atoms with Gasteiger partial charge in [0, 0.05) is 22.8 Å². The lowest BCUT2D eigenvalue weighted by molar-refractivity contribution is 0.399. The van der Waals surface area contributed by atoms with E-state index in [0.29, 0.717) is 5.92 Å². The third-order valence-corrected chi connectivity index (χ3v) is 3.94. The summed E-state index contributed by atoms with van der Waals surface area (Å²) >= 11 is 0. The van der Waals surface area contributed by atoms with Gasteiger partial charge in [-0.25, -0.2) is 9.97 Å². The predicted molar refractivity (Wildman–Crippen MR) is 79.6 cm³/mol. The number of nitrogens with one attached hydrogen (secondary N) is 1. The Hall–Kier alpha value is -0.960. The van der Waals surface area contributed by atoms with Gasteiger partial charge >= 0.3 is 0 Å². The van der Waals surface area contributed by atoms with Crippen LogP contribution in [0.1, 0.15) is 68.7 Å². The van der Waals surface area contributed by atoms with Crippen molar-refractivity contribution in [3.05, 3.63) is 22.8 Å². The van der Waals surface area contributed by atoms with E-state index in [2.05, 4.69) is 39.9 Å². The van der Waals surface area contributed by atoms with Crippen molar-refractivity contribution in [1.82, 2.24) is 15.3 Å². The Bertz CT molecular complexity index is 419. The molecule has 0 spiro atoms. The lowest BCUT2D eigenvalue weighted by atomic mass is 9.84. The largest absolute Gasteiger partial charge is 0.312 e. The van der Waals surface area contributed by atoms with Gasteiger partial charge in [-0.3, -0.25) is 0 Å². The molecule has 0 aliphatic heterocycles. The molecule has 3 nitrogen and oxygen atoms in total. The van der Waals surface area contributed by atoms with Crippen LogP contribution in [0.2, 0.25) is 0 Å². The Balaban J connectivity index is 2.04. The van der Waals surface area contributed by atoms with Crippen LogP contribution in [0.15, 0.2) is 0 Å². The van der Waals surface area contributed by atoms with Crippen LogP contribution >= 0.6 is 0 Å². The van der Waals surface area contributed by atoms with E-state index in [1.54, 1.807) is 0 Å². The maximum atomic E-state index is 4.73. The second kappa shape index (κ2) is 5.58. The molecule has 0 atom stereocenters. The summed E-state index contributed by atoms with van der Waals surface area (Å²) in [6.45, 7) is 11.8. The van der Waals surface area contributed by atoms with Crippen molar-refractivity contribution < 1.29 is 0 Å². The van der Waals surface area contributed by atoms with Gasteiger partial charge in [-0.2, -0.15) is 0 Å². The van der Waals surface area contributed by atoms with Crippen molar-refractivity contribution >= 4 is 0 Å². The van der Waals surface area contributed by atoms with E-state index in [9.17, 15) is 0 Å². The van der Waals surface area contributed by atoms with Crippen molar-refractivity contribution in [3.8, 4) is 0 Å². The van der Waals surface area contributed by atoms with E-state index < -0.39 is 0 Å². The minimum absolute atomic E-state index is 0.175. The molecule has 1 aromatic heterocycles. The minimum Gasteiger partial charge on any atom is -0.312 e. The second-order valence-corrected chi connectivity index (χ2v) is 6.79. The molecule has 0 bridgehead atoms. The fourth-order valence-electron chi connectivity index (χ4n) is 2.54. The molecule has 0 radical (unpaired) electrons. The highest BCUT2D eigenvalue weighted by molar-refractivity contribution is 5.26. The molecular formula is C16H27N3. The molecule has 0 aromatic carbocycles. The van der Waals surface area contributed by atoms with Crippen molar-refractivity contribution in [2.75, 3.05) is 6.54 Å². The number of rotatable bonds is 4. The molecule has 1 aliphatic rings. The van der Waals surface area contributed by atoms with Crippen LogP contribution in [-0.4, -0.2) is 22.1 Å². The lowest BCUT2D eigenvalue weighted by Gasteiger charge is -2.25. The number of hydrogen-bond donors (Lipinski definition) is 1.